The van der Waals surface area contributed by atoms with Crippen LogP contribution in [0.1, 0.15) is 36.2 Å². The van der Waals surface area contributed by atoms with Gasteiger partial charge in [-0.25, -0.2) is 0 Å². The number of thioether (sulfide) groups is 1. The van der Waals surface area contributed by atoms with Crippen LogP contribution in [0.3, 0.4) is 0 Å². The molecule has 0 amide bonds. The summed E-state index contributed by atoms with van der Waals surface area (Å²) >= 11 is 7.73. The molecule has 3 nitrogen and oxygen atoms in total. The highest BCUT2D eigenvalue weighted by Gasteiger charge is 2.25. The Balaban J connectivity index is 2.13. The van der Waals surface area contributed by atoms with Crippen molar-refractivity contribution in [2.75, 3.05) is 6.61 Å². The molecule has 0 aliphatic carbocycles. The molecule has 1 aliphatic rings. The summed E-state index contributed by atoms with van der Waals surface area (Å²) in [6.07, 6.45) is 1.26. The number of rotatable bonds is 4. The van der Waals surface area contributed by atoms with Gasteiger partial charge in [0.1, 0.15) is 5.75 Å². The zero-order chi connectivity index (χ0) is 14.0. The molecule has 19 heavy (non-hydrogen) atoms. The van der Waals surface area contributed by atoms with Gasteiger partial charge in [-0.2, -0.15) is 11.8 Å². The van der Waals surface area contributed by atoms with Crippen molar-refractivity contribution in [3.63, 3.8) is 0 Å². The summed E-state index contributed by atoms with van der Waals surface area (Å²) in [4.78, 5) is 11.4. The third-order valence-corrected chi connectivity index (χ3v) is 5.04. The lowest BCUT2D eigenvalue weighted by Crippen LogP contribution is -2.13. The lowest BCUT2D eigenvalue weighted by molar-refractivity contribution is 0.101. The topological polar surface area (TPSA) is 46.5 Å². The average Bonchev–Trinajstić information content (AvgIpc) is 2.75. The summed E-state index contributed by atoms with van der Waals surface area (Å²) in [5.74, 6) is 0.505. The largest absolute Gasteiger partial charge is 0.507 e. The lowest BCUT2D eigenvalue weighted by Gasteiger charge is -2.15. The van der Waals surface area contributed by atoms with E-state index in [0.717, 1.165) is 13.0 Å². The van der Waals surface area contributed by atoms with Crippen molar-refractivity contribution in [3.05, 3.63) is 28.3 Å². The number of phenols is 1. The molecule has 1 heterocycles. The number of carbonyl (C=O) groups is 1. The van der Waals surface area contributed by atoms with Crippen molar-refractivity contribution >= 4 is 29.1 Å². The van der Waals surface area contributed by atoms with E-state index in [4.69, 9.17) is 16.3 Å². The van der Waals surface area contributed by atoms with E-state index in [1.165, 1.54) is 13.0 Å². The van der Waals surface area contributed by atoms with E-state index >= 15 is 0 Å². The van der Waals surface area contributed by atoms with E-state index in [2.05, 4.69) is 6.92 Å². The van der Waals surface area contributed by atoms with Gasteiger partial charge in [-0.05, 0) is 32.4 Å². The van der Waals surface area contributed by atoms with Gasteiger partial charge in [0.25, 0.3) is 0 Å². The number of ether oxygens (including phenoxy) is 1. The van der Waals surface area contributed by atoms with E-state index in [9.17, 15) is 9.90 Å². The minimum Gasteiger partial charge on any atom is -0.507 e. The van der Waals surface area contributed by atoms with Crippen molar-refractivity contribution in [2.24, 2.45) is 0 Å². The van der Waals surface area contributed by atoms with Gasteiger partial charge in [0.2, 0.25) is 0 Å². The first-order valence-electron chi connectivity index (χ1n) is 6.24. The fraction of sp³-hybridized carbons (Fsp3) is 0.500. The number of benzene rings is 1. The molecule has 0 spiro atoms. The Morgan fingerprint density at radius 2 is 2.32 bits per heavy atom. The zero-order valence-corrected chi connectivity index (χ0v) is 12.6. The maximum atomic E-state index is 11.4. The van der Waals surface area contributed by atoms with Crippen LogP contribution in [0, 0.1) is 0 Å². The second kappa shape index (κ2) is 6.16. The molecule has 1 saturated heterocycles. The molecule has 1 aromatic rings. The number of Topliss-reactive ketones (excluding diaryl/α,β-unsaturated/α-hetero) is 1. The summed E-state index contributed by atoms with van der Waals surface area (Å²) in [6, 6.07) is 3.23. The molecule has 0 aromatic heterocycles. The standard InChI is InChI=1S/C14H17ClO3S/c1-8(16)12-6-11(15)5-10(14(12)17)7-19-13-3-4-18-9(13)2/h5-6,9,13,17H,3-4,7H2,1-2H3. The SMILES string of the molecule is CC(=O)c1cc(Cl)cc(CSC2CCOC2C)c1O. The molecular formula is C14H17ClO3S. The van der Waals surface area contributed by atoms with Gasteiger partial charge in [-0.1, -0.05) is 11.6 Å². The molecule has 0 radical (unpaired) electrons. The predicted molar refractivity (Wildman–Crippen MR) is 78.2 cm³/mol. The molecule has 1 N–H and O–H groups in total. The third-order valence-electron chi connectivity index (χ3n) is 3.29. The number of ketones is 1. The molecule has 0 bridgehead atoms. The Morgan fingerprint density at radius 1 is 1.58 bits per heavy atom. The second-order valence-corrected chi connectivity index (χ2v) is 6.40. The molecule has 1 aliphatic heterocycles. The normalized spacial score (nSPS) is 22.7. The van der Waals surface area contributed by atoms with Gasteiger partial charge in [-0.3, -0.25) is 4.79 Å². The predicted octanol–water partition coefficient (Wildman–Crippen LogP) is 3.66. The number of hydrogen-bond donors (Lipinski definition) is 1. The Labute approximate surface area is 122 Å². The number of hydrogen-bond acceptors (Lipinski definition) is 4. The van der Waals surface area contributed by atoms with E-state index in [1.54, 1.807) is 17.8 Å². The average molecular weight is 301 g/mol. The van der Waals surface area contributed by atoms with Gasteiger partial charge in [-0.15, -0.1) is 0 Å². The number of carbonyl (C=O) groups excluding carboxylic acids is 1. The highest BCUT2D eigenvalue weighted by molar-refractivity contribution is 7.99. The van der Waals surface area contributed by atoms with Gasteiger partial charge >= 0.3 is 0 Å². The number of aromatic hydroxyl groups is 1. The van der Waals surface area contributed by atoms with Crippen LogP contribution in [0.2, 0.25) is 5.02 Å². The van der Waals surface area contributed by atoms with Crippen LogP contribution in [0.5, 0.6) is 5.75 Å². The summed E-state index contributed by atoms with van der Waals surface area (Å²) in [6.45, 7) is 4.28. The fourth-order valence-corrected chi connectivity index (χ4v) is 3.63. The minimum absolute atomic E-state index is 0.0518. The van der Waals surface area contributed by atoms with Crippen LogP contribution in [0.25, 0.3) is 0 Å². The molecule has 104 valence electrons. The number of halogens is 1. The maximum absolute atomic E-state index is 11.4. The van der Waals surface area contributed by atoms with Crippen molar-refractivity contribution < 1.29 is 14.6 Å². The minimum atomic E-state index is -0.177. The van der Waals surface area contributed by atoms with Gasteiger partial charge < -0.3 is 9.84 Å². The molecule has 1 aromatic carbocycles. The Bertz CT molecular complexity index is 490. The molecule has 2 unspecified atom stereocenters. The van der Waals surface area contributed by atoms with Crippen LogP contribution >= 0.6 is 23.4 Å². The summed E-state index contributed by atoms with van der Waals surface area (Å²) in [5, 5.41) is 11.0. The molecule has 0 saturated carbocycles. The van der Waals surface area contributed by atoms with Gasteiger partial charge in [0, 0.05) is 28.2 Å². The third kappa shape index (κ3) is 3.44. The first-order chi connectivity index (χ1) is 8.99. The molecule has 2 rings (SSSR count). The first-order valence-corrected chi connectivity index (χ1v) is 7.67. The van der Waals surface area contributed by atoms with E-state index in [-0.39, 0.29) is 17.6 Å². The van der Waals surface area contributed by atoms with E-state index < -0.39 is 0 Å². The summed E-state index contributed by atoms with van der Waals surface area (Å²) in [7, 11) is 0. The van der Waals surface area contributed by atoms with Crippen molar-refractivity contribution in [3.8, 4) is 5.75 Å². The van der Waals surface area contributed by atoms with Crippen LogP contribution in [-0.2, 0) is 10.5 Å². The Hall–Kier alpha value is -0.710. The lowest BCUT2D eigenvalue weighted by atomic mass is 10.1. The van der Waals surface area contributed by atoms with Gasteiger partial charge in [0.05, 0.1) is 11.7 Å². The highest BCUT2D eigenvalue weighted by Crippen LogP contribution is 2.34. The van der Waals surface area contributed by atoms with E-state index in [0.29, 0.717) is 27.2 Å². The van der Waals surface area contributed by atoms with Crippen LogP contribution < -0.4 is 0 Å². The summed E-state index contributed by atoms with van der Waals surface area (Å²) in [5.41, 5.74) is 1.00. The molecule has 5 heteroatoms. The fourth-order valence-electron chi connectivity index (χ4n) is 2.16. The maximum Gasteiger partial charge on any atom is 0.163 e. The molecular weight excluding hydrogens is 284 g/mol. The first kappa shape index (κ1) is 14.7. The summed E-state index contributed by atoms with van der Waals surface area (Å²) < 4.78 is 5.51. The number of phenolic OH excluding ortho intramolecular Hbond substituents is 1. The van der Waals surface area contributed by atoms with Crippen molar-refractivity contribution in [1.29, 1.82) is 0 Å². The second-order valence-electron chi connectivity index (χ2n) is 4.73. The van der Waals surface area contributed by atoms with Crippen LogP contribution in [0.4, 0.5) is 0 Å². The quantitative estimate of drug-likeness (QED) is 0.862. The van der Waals surface area contributed by atoms with Crippen LogP contribution in [0.15, 0.2) is 12.1 Å². The van der Waals surface area contributed by atoms with Crippen molar-refractivity contribution in [2.45, 2.75) is 37.4 Å². The Kier molecular flexibility index (Phi) is 4.76. The monoisotopic (exact) mass is 300 g/mol. The van der Waals surface area contributed by atoms with Gasteiger partial charge in [0.15, 0.2) is 5.78 Å². The Morgan fingerprint density at radius 3 is 2.89 bits per heavy atom. The van der Waals surface area contributed by atoms with Crippen LogP contribution in [-0.4, -0.2) is 28.9 Å². The zero-order valence-electron chi connectivity index (χ0n) is 11.0. The molecule has 2 atom stereocenters. The smallest absolute Gasteiger partial charge is 0.163 e. The van der Waals surface area contributed by atoms with Crippen molar-refractivity contribution in [1.82, 2.24) is 0 Å². The van der Waals surface area contributed by atoms with E-state index in [1.807, 2.05) is 0 Å². The highest BCUT2D eigenvalue weighted by atomic mass is 35.5. The molecule has 1 fully saturated rings.